The van der Waals surface area contributed by atoms with Crippen LogP contribution in [-0.4, -0.2) is 5.91 Å². The van der Waals surface area contributed by atoms with Gasteiger partial charge in [-0.1, -0.05) is 48.7 Å². The highest BCUT2D eigenvalue weighted by atomic mass is 35.5. The second kappa shape index (κ2) is 6.34. The molecule has 0 heterocycles. The number of benzene rings is 1. The van der Waals surface area contributed by atoms with Gasteiger partial charge in [-0.25, -0.2) is 0 Å². The van der Waals surface area contributed by atoms with Gasteiger partial charge < -0.3 is 0 Å². The topological polar surface area (TPSA) is 41.1 Å². The highest BCUT2D eigenvalue weighted by molar-refractivity contribution is 6.41. The standard InChI is InChI=1S/C11H13Cl3N2O/c1-3-6(2)11(17)16-15-10-8(13)4-7(12)5-9(10)14/h4-6,15H,3H2,1-2H3,(H,16,17). The number of nitrogens with one attached hydrogen (secondary N) is 2. The molecule has 0 aliphatic rings. The Morgan fingerprint density at radius 1 is 1.29 bits per heavy atom. The highest BCUT2D eigenvalue weighted by Crippen LogP contribution is 2.33. The van der Waals surface area contributed by atoms with E-state index in [1.54, 1.807) is 12.1 Å². The minimum Gasteiger partial charge on any atom is -0.296 e. The first-order valence-electron chi connectivity index (χ1n) is 5.16. The number of anilines is 1. The summed E-state index contributed by atoms with van der Waals surface area (Å²) in [5.74, 6) is -0.193. The van der Waals surface area contributed by atoms with E-state index in [0.717, 1.165) is 6.42 Å². The molecule has 6 heteroatoms. The van der Waals surface area contributed by atoms with Gasteiger partial charge >= 0.3 is 0 Å². The van der Waals surface area contributed by atoms with Gasteiger partial charge in [-0.15, -0.1) is 0 Å². The quantitative estimate of drug-likeness (QED) is 0.820. The summed E-state index contributed by atoms with van der Waals surface area (Å²) in [5, 5.41) is 1.15. The van der Waals surface area contributed by atoms with Crippen LogP contribution in [0.25, 0.3) is 0 Å². The van der Waals surface area contributed by atoms with Crippen molar-refractivity contribution in [3.05, 3.63) is 27.2 Å². The molecule has 0 spiro atoms. The van der Waals surface area contributed by atoms with E-state index in [0.29, 0.717) is 20.8 Å². The molecule has 0 saturated heterocycles. The summed E-state index contributed by atoms with van der Waals surface area (Å²) >= 11 is 17.7. The van der Waals surface area contributed by atoms with Crippen LogP contribution in [0, 0.1) is 5.92 Å². The van der Waals surface area contributed by atoms with Gasteiger partial charge in [0.2, 0.25) is 5.91 Å². The van der Waals surface area contributed by atoms with Gasteiger partial charge in [0, 0.05) is 10.9 Å². The fourth-order valence-corrected chi connectivity index (χ4v) is 2.01. The minimum atomic E-state index is -0.116. The monoisotopic (exact) mass is 294 g/mol. The van der Waals surface area contributed by atoms with E-state index in [1.165, 1.54) is 0 Å². The van der Waals surface area contributed by atoms with Gasteiger partial charge in [0.1, 0.15) is 0 Å². The Hall–Kier alpha value is -0.640. The summed E-state index contributed by atoms with van der Waals surface area (Å²) in [6.07, 6.45) is 0.760. The number of hydrazine groups is 1. The SMILES string of the molecule is CCC(C)C(=O)NNc1c(Cl)cc(Cl)cc1Cl. The van der Waals surface area contributed by atoms with Crippen LogP contribution in [0.4, 0.5) is 5.69 Å². The second-order valence-corrected chi connectivity index (χ2v) is 4.92. The Bertz CT molecular complexity index is 400. The van der Waals surface area contributed by atoms with Crippen molar-refractivity contribution in [2.24, 2.45) is 5.92 Å². The number of carbonyl (C=O) groups excluding carboxylic acids is 1. The van der Waals surface area contributed by atoms with E-state index in [2.05, 4.69) is 10.9 Å². The maximum absolute atomic E-state index is 11.6. The molecule has 2 N–H and O–H groups in total. The summed E-state index contributed by atoms with van der Waals surface area (Å²) in [6, 6.07) is 3.10. The summed E-state index contributed by atoms with van der Waals surface area (Å²) in [7, 11) is 0. The molecule has 0 saturated carbocycles. The predicted molar refractivity (Wildman–Crippen MR) is 72.7 cm³/mol. The van der Waals surface area contributed by atoms with Crippen molar-refractivity contribution in [2.75, 3.05) is 5.43 Å². The third-order valence-electron chi connectivity index (χ3n) is 2.38. The lowest BCUT2D eigenvalue weighted by atomic mass is 10.1. The zero-order valence-corrected chi connectivity index (χ0v) is 11.7. The van der Waals surface area contributed by atoms with Crippen molar-refractivity contribution in [3.63, 3.8) is 0 Å². The molecule has 1 aromatic rings. The van der Waals surface area contributed by atoms with Gasteiger partial charge in [-0.2, -0.15) is 0 Å². The second-order valence-electron chi connectivity index (χ2n) is 3.67. The van der Waals surface area contributed by atoms with E-state index < -0.39 is 0 Å². The van der Waals surface area contributed by atoms with Crippen molar-refractivity contribution in [1.82, 2.24) is 5.43 Å². The van der Waals surface area contributed by atoms with Crippen LogP contribution in [0.3, 0.4) is 0 Å². The van der Waals surface area contributed by atoms with Crippen LogP contribution in [0.15, 0.2) is 12.1 Å². The maximum atomic E-state index is 11.6. The average molecular weight is 296 g/mol. The molecule has 94 valence electrons. The van der Waals surface area contributed by atoms with E-state index in [1.807, 2.05) is 13.8 Å². The first-order chi connectivity index (χ1) is 7.95. The molecule has 0 bridgehead atoms. The summed E-state index contributed by atoms with van der Waals surface area (Å²) in [5.41, 5.74) is 5.69. The Morgan fingerprint density at radius 3 is 2.29 bits per heavy atom. The molecule has 0 fully saturated rings. The Kier molecular flexibility index (Phi) is 5.37. The predicted octanol–water partition coefficient (Wildman–Crippen LogP) is 4.14. The van der Waals surface area contributed by atoms with Gasteiger partial charge in [0.05, 0.1) is 15.7 Å². The van der Waals surface area contributed by atoms with Crippen molar-refractivity contribution in [3.8, 4) is 0 Å². The molecular weight excluding hydrogens is 282 g/mol. The maximum Gasteiger partial charge on any atom is 0.241 e. The average Bonchev–Trinajstić information content (AvgIpc) is 2.26. The molecule has 1 rings (SSSR count). The molecule has 0 radical (unpaired) electrons. The molecule has 0 aliphatic carbocycles. The lowest BCUT2D eigenvalue weighted by Crippen LogP contribution is -2.33. The van der Waals surface area contributed by atoms with Crippen LogP contribution in [-0.2, 0) is 4.79 Å². The summed E-state index contributed by atoms with van der Waals surface area (Å²) in [4.78, 5) is 11.6. The van der Waals surface area contributed by atoms with E-state index >= 15 is 0 Å². The van der Waals surface area contributed by atoms with Crippen LogP contribution < -0.4 is 10.9 Å². The number of hydrogen-bond acceptors (Lipinski definition) is 2. The Labute approximate surface area is 115 Å². The molecule has 1 aromatic carbocycles. The molecule has 1 atom stereocenters. The number of hydrogen-bond donors (Lipinski definition) is 2. The van der Waals surface area contributed by atoms with Crippen LogP contribution >= 0.6 is 34.8 Å². The third-order valence-corrected chi connectivity index (χ3v) is 3.19. The zero-order chi connectivity index (χ0) is 13.0. The first-order valence-corrected chi connectivity index (χ1v) is 6.29. The molecule has 1 amide bonds. The highest BCUT2D eigenvalue weighted by Gasteiger charge is 2.12. The number of carbonyl (C=O) groups is 1. The van der Waals surface area contributed by atoms with Crippen molar-refractivity contribution < 1.29 is 4.79 Å². The largest absolute Gasteiger partial charge is 0.296 e. The lowest BCUT2D eigenvalue weighted by Gasteiger charge is -2.14. The molecule has 1 unspecified atom stereocenters. The number of amides is 1. The van der Waals surface area contributed by atoms with Crippen molar-refractivity contribution >= 4 is 46.4 Å². The fraction of sp³-hybridized carbons (Fsp3) is 0.364. The summed E-state index contributed by atoms with van der Waals surface area (Å²) in [6.45, 7) is 3.77. The lowest BCUT2D eigenvalue weighted by molar-refractivity contribution is -0.124. The third kappa shape index (κ3) is 3.95. The minimum absolute atomic E-state index is 0.0765. The van der Waals surface area contributed by atoms with E-state index in [-0.39, 0.29) is 11.8 Å². The van der Waals surface area contributed by atoms with Gasteiger partial charge in [0.15, 0.2) is 0 Å². The Morgan fingerprint density at radius 2 is 1.82 bits per heavy atom. The van der Waals surface area contributed by atoms with E-state index in [4.69, 9.17) is 34.8 Å². The fourth-order valence-electron chi connectivity index (χ4n) is 1.09. The van der Waals surface area contributed by atoms with Gasteiger partial charge in [-0.3, -0.25) is 15.6 Å². The smallest absolute Gasteiger partial charge is 0.241 e. The van der Waals surface area contributed by atoms with Crippen molar-refractivity contribution in [1.29, 1.82) is 0 Å². The number of rotatable bonds is 4. The van der Waals surface area contributed by atoms with Gasteiger partial charge in [-0.05, 0) is 18.6 Å². The van der Waals surface area contributed by atoms with Gasteiger partial charge in [0.25, 0.3) is 0 Å². The van der Waals surface area contributed by atoms with Crippen LogP contribution in [0.5, 0.6) is 0 Å². The molecule has 0 aromatic heterocycles. The van der Waals surface area contributed by atoms with Crippen molar-refractivity contribution in [2.45, 2.75) is 20.3 Å². The van der Waals surface area contributed by atoms with Crippen LogP contribution in [0.1, 0.15) is 20.3 Å². The van der Waals surface area contributed by atoms with E-state index in [9.17, 15) is 4.79 Å². The summed E-state index contributed by atoms with van der Waals surface area (Å²) < 4.78 is 0. The molecular formula is C11H13Cl3N2O. The zero-order valence-electron chi connectivity index (χ0n) is 9.48. The molecule has 17 heavy (non-hydrogen) atoms. The first kappa shape index (κ1) is 14.4. The molecule has 0 aliphatic heterocycles. The molecule has 3 nitrogen and oxygen atoms in total. The number of halogens is 3. The van der Waals surface area contributed by atoms with Crippen LogP contribution in [0.2, 0.25) is 15.1 Å². The normalized spacial score (nSPS) is 12.1. The Balaban J connectivity index is 2.73.